The minimum atomic E-state index is -1.53. The number of nitro benzene ring substituents is 1. The highest BCUT2D eigenvalue weighted by Crippen LogP contribution is 2.38. The molecule has 0 amide bonds. The summed E-state index contributed by atoms with van der Waals surface area (Å²) in [6.45, 7) is 1.89. The number of carboxylic acids is 1. The van der Waals surface area contributed by atoms with Crippen LogP contribution in [0.5, 0.6) is 0 Å². The van der Waals surface area contributed by atoms with Gasteiger partial charge in [0.25, 0.3) is 5.69 Å². The average Bonchev–Trinajstić information content (AvgIpc) is 2.26. The molecule has 0 saturated heterocycles. The summed E-state index contributed by atoms with van der Waals surface area (Å²) in [4.78, 5) is 21.0. The molecular formula is C12H13FN2O4. The Morgan fingerprint density at radius 1 is 1.53 bits per heavy atom. The molecule has 1 aliphatic carbocycles. The Balaban J connectivity index is 2.44. The monoisotopic (exact) mass is 268 g/mol. The minimum Gasteiger partial charge on any atom is -0.478 e. The fourth-order valence-electron chi connectivity index (χ4n) is 2.13. The Hall–Kier alpha value is -2.18. The van der Waals surface area contributed by atoms with Gasteiger partial charge >= 0.3 is 5.97 Å². The molecule has 0 spiro atoms. The molecule has 2 rings (SSSR count). The van der Waals surface area contributed by atoms with Crippen molar-refractivity contribution in [1.82, 2.24) is 0 Å². The van der Waals surface area contributed by atoms with Gasteiger partial charge in [-0.05, 0) is 26.2 Å². The van der Waals surface area contributed by atoms with Gasteiger partial charge in [0.05, 0.1) is 4.92 Å². The summed E-state index contributed by atoms with van der Waals surface area (Å²) in [5.41, 5.74) is -1.39. The van der Waals surface area contributed by atoms with Gasteiger partial charge in [0.15, 0.2) is 0 Å². The molecule has 2 N–H and O–H groups in total. The second-order valence-electron chi connectivity index (χ2n) is 4.95. The first-order valence-electron chi connectivity index (χ1n) is 5.82. The van der Waals surface area contributed by atoms with Crippen LogP contribution in [-0.2, 0) is 0 Å². The van der Waals surface area contributed by atoms with Crippen LogP contribution in [0.25, 0.3) is 0 Å². The van der Waals surface area contributed by atoms with E-state index in [0.29, 0.717) is 0 Å². The number of nitrogens with zero attached hydrogens (tertiary/aromatic N) is 1. The van der Waals surface area contributed by atoms with E-state index in [1.165, 1.54) is 0 Å². The predicted octanol–water partition coefficient (Wildman–Crippen LogP) is 2.79. The third kappa shape index (κ3) is 2.49. The second-order valence-corrected chi connectivity index (χ2v) is 4.95. The van der Waals surface area contributed by atoms with Gasteiger partial charge in [-0.2, -0.15) is 0 Å². The number of carbonyl (C=O) groups is 1. The molecule has 6 nitrogen and oxygen atoms in total. The molecule has 1 fully saturated rings. The highest BCUT2D eigenvalue weighted by molar-refractivity contribution is 5.90. The van der Waals surface area contributed by atoms with Gasteiger partial charge in [0.2, 0.25) is 0 Å². The number of nitro groups is 1. The molecule has 0 aromatic heterocycles. The van der Waals surface area contributed by atoms with Gasteiger partial charge in [0, 0.05) is 17.7 Å². The third-order valence-corrected chi connectivity index (χ3v) is 3.41. The molecule has 0 radical (unpaired) electrons. The highest BCUT2D eigenvalue weighted by Gasteiger charge is 2.34. The first kappa shape index (κ1) is 13.3. The molecule has 0 aliphatic heterocycles. The topological polar surface area (TPSA) is 92.5 Å². The minimum absolute atomic E-state index is 0.0229. The van der Waals surface area contributed by atoms with E-state index in [1.54, 1.807) is 0 Å². The smallest absolute Gasteiger partial charge is 0.338 e. The number of benzene rings is 1. The summed E-state index contributed by atoms with van der Waals surface area (Å²) in [6.07, 6.45) is 2.69. The lowest BCUT2D eigenvalue weighted by atomic mass is 9.78. The Morgan fingerprint density at radius 3 is 2.58 bits per heavy atom. The molecule has 0 bridgehead atoms. The van der Waals surface area contributed by atoms with Crippen LogP contribution in [0.15, 0.2) is 12.1 Å². The van der Waals surface area contributed by atoms with Gasteiger partial charge in [0.1, 0.15) is 17.1 Å². The second kappa shape index (κ2) is 4.49. The lowest BCUT2D eigenvalue weighted by Gasteiger charge is -2.39. The maximum absolute atomic E-state index is 13.6. The predicted molar refractivity (Wildman–Crippen MR) is 65.9 cm³/mol. The first-order chi connectivity index (χ1) is 8.82. The maximum Gasteiger partial charge on any atom is 0.338 e. The lowest BCUT2D eigenvalue weighted by Crippen LogP contribution is -2.41. The summed E-state index contributed by atoms with van der Waals surface area (Å²) in [6, 6.07) is 1.63. The molecule has 0 unspecified atom stereocenters. The molecule has 0 heterocycles. The molecule has 1 saturated carbocycles. The standard InChI is InChI=1S/C12H13FN2O4/c1-12(3-2-4-12)14-9-6-8(13)7(11(16)17)5-10(9)15(18)19/h5-6,14H,2-4H2,1H3,(H,16,17). The van der Waals surface area contributed by atoms with Gasteiger partial charge < -0.3 is 10.4 Å². The molecule has 1 aromatic rings. The zero-order valence-electron chi connectivity index (χ0n) is 10.3. The molecule has 1 aromatic carbocycles. The highest BCUT2D eigenvalue weighted by atomic mass is 19.1. The van der Waals surface area contributed by atoms with Crippen molar-refractivity contribution in [2.75, 3.05) is 5.32 Å². The van der Waals surface area contributed by atoms with Crippen LogP contribution in [-0.4, -0.2) is 21.5 Å². The van der Waals surface area contributed by atoms with Crippen LogP contribution >= 0.6 is 0 Å². The number of anilines is 1. The van der Waals surface area contributed by atoms with Crippen LogP contribution < -0.4 is 5.32 Å². The average molecular weight is 268 g/mol. The van der Waals surface area contributed by atoms with E-state index in [-0.39, 0.29) is 11.2 Å². The van der Waals surface area contributed by atoms with Gasteiger partial charge in [-0.1, -0.05) is 0 Å². The normalized spacial score (nSPS) is 16.5. The fourth-order valence-corrected chi connectivity index (χ4v) is 2.13. The van der Waals surface area contributed by atoms with E-state index in [4.69, 9.17) is 5.11 Å². The van der Waals surface area contributed by atoms with Gasteiger partial charge in [-0.3, -0.25) is 10.1 Å². The number of halogens is 1. The largest absolute Gasteiger partial charge is 0.478 e. The zero-order valence-corrected chi connectivity index (χ0v) is 10.3. The van der Waals surface area contributed by atoms with E-state index < -0.39 is 28.0 Å². The molecule has 0 atom stereocenters. The molecular weight excluding hydrogens is 255 g/mol. The molecule has 7 heteroatoms. The lowest BCUT2D eigenvalue weighted by molar-refractivity contribution is -0.384. The fraction of sp³-hybridized carbons (Fsp3) is 0.417. The van der Waals surface area contributed by atoms with Crippen LogP contribution in [0.3, 0.4) is 0 Å². The van der Waals surface area contributed by atoms with Crippen molar-refractivity contribution in [2.24, 2.45) is 0 Å². The SMILES string of the molecule is CC1(Nc2cc(F)c(C(=O)O)cc2[N+](=O)[O-])CCC1. The summed E-state index contributed by atoms with van der Waals surface area (Å²) < 4.78 is 13.6. The van der Waals surface area contributed by atoms with Crippen molar-refractivity contribution in [3.63, 3.8) is 0 Å². The van der Waals surface area contributed by atoms with E-state index in [2.05, 4.69) is 5.32 Å². The number of hydrogen-bond donors (Lipinski definition) is 2. The van der Waals surface area contributed by atoms with Crippen LogP contribution in [0.2, 0.25) is 0 Å². The van der Waals surface area contributed by atoms with E-state index >= 15 is 0 Å². The van der Waals surface area contributed by atoms with Crippen molar-refractivity contribution < 1.29 is 19.2 Å². The summed E-state index contributed by atoms with van der Waals surface area (Å²) in [7, 11) is 0. The number of carboxylic acid groups (broad SMARTS) is 1. The van der Waals surface area contributed by atoms with E-state index in [9.17, 15) is 19.3 Å². The Bertz CT molecular complexity index is 555. The zero-order chi connectivity index (χ0) is 14.2. The van der Waals surface area contributed by atoms with Crippen molar-refractivity contribution in [3.05, 3.63) is 33.6 Å². The maximum atomic E-state index is 13.6. The molecule has 1 aliphatic rings. The molecule has 102 valence electrons. The van der Waals surface area contributed by atoms with Crippen molar-refractivity contribution >= 4 is 17.3 Å². The summed E-state index contributed by atoms with van der Waals surface area (Å²) in [5, 5.41) is 22.7. The van der Waals surface area contributed by atoms with E-state index in [1.807, 2.05) is 6.92 Å². The number of hydrogen-bond acceptors (Lipinski definition) is 4. The quantitative estimate of drug-likeness (QED) is 0.647. The van der Waals surface area contributed by atoms with Crippen molar-refractivity contribution in [2.45, 2.75) is 31.7 Å². The Labute approximate surface area is 108 Å². The summed E-state index contributed by atoms with van der Waals surface area (Å²) >= 11 is 0. The van der Waals surface area contributed by atoms with Crippen LogP contribution in [0.4, 0.5) is 15.8 Å². The van der Waals surface area contributed by atoms with E-state index in [0.717, 1.165) is 31.4 Å². The first-order valence-corrected chi connectivity index (χ1v) is 5.82. The number of rotatable bonds is 4. The number of aromatic carboxylic acids is 1. The van der Waals surface area contributed by atoms with Crippen molar-refractivity contribution in [3.8, 4) is 0 Å². The summed E-state index contributed by atoms with van der Waals surface area (Å²) in [5.74, 6) is -2.51. The number of nitrogens with one attached hydrogen (secondary N) is 1. The molecule has 19 heavy (non-hydrogen) atoms. The van der Waals surface area contributed by atoms with Crippen LogP contribution in [0.1, 0.15) is 36.5 Å². The van der Waals surface area contributed by atoms with Crippen molar-refractivity contribution in [1.29, 1.82) is 0 Å². The third-order valence-electron chi connectivity index (χ3n) is 3.41. The Morgan fingerprint density at radius 2 is 2.16 bits per heavy atom. The van der Waals surface area contributed by atoms with Crippen LogP contribution in [0, 0.1) is 15.9 Å². The van der Waals surface area contributed by atoms with Gasteiger partial charge in [-0.15, -0.1) is 0 Å². The van der Waals surface area contributed by atoms with Gasteiger partial charge in [-0.25, -0.2) is 9.18 Å². The Kier molecular flexibility index (Phi) is 3.13.